The first-order valence-corrected chi connectivity index (χ1v) is 8.41. The topological polar surface area (TPSA) is 72.6 Å². The number of hydrogen-bond donors (Lipinski definition) is 0. The molecule has 0 spiro atoms. The highest BCUT2D eigenvalue weighted by atomic mass is 16.5. The highest BCUT2D eigenvalue weighted by molar-refractivity contribution is 6.00. The lowest BCUT2D eigenvalue weighted by molar-refractivity contribution is -0.145. The van der Waals surface area contributed by atoms with Crippen molar-refractivity contribution in [2.24, 2.45) is 5.92 Å². The van der Waals surface area contributed by atoms with E-state index < -0.39 is 5.92 Å². The normalized spacial score (nSPS) is 17.1. The van der Waals surface area contributed by atoms with Crippen molar-refractivity contribution >= 4 is 28.7 Å². The molecule has 4 rings (SSSR count). The Labute approximate surface area is 150 Å². The first kappa shape index (κ1) is 16.3. The molecule has 132 valence electrons. The molecule has 2 aromatic carbocycles. The molecule has 0 radical (unpaired) electrons. The van der Waals surface area contributed by atoms with Crippen LogP contribution in [-0.2, 0) is 14.3 Å². The van der Waals surface area contributed by atoms with Crippen LogP contribution >= 0.6 is 0 Å². The van der Waals surface area contributed by atoms with Crippen molar-refractivity contribution in [1.82, 2.24) is 4.98 Å². The second-order valence-corrected chi connectivity index (χ2v) is 6.47. The molecule has 0 unspecified atom stereocenters. The summed E-state index contributed by atoms with van der Waals surface area (Å²) in [5.41, 5.74) is 4.10. The predicted molar refractivity (Wildman–Crippen MR) is 96.7 cm³/mol. The van der Waals surface area contributed by atoms with Crippen LogP contribution in [0.3, 0.4) is 0 Å². The Morgan fingerprint density at radius 3 is 2.73 bits per heavy atom. The largest absolute Gasteiger partial charge is 0.469 e. The number of nitrogens with zero attached hydrogens (tertiary/aromatic N) is 2. The van der Waals surface area contributed by atoms with Gasteiger partial charge in [0.1, 0.15) is 5.52 Å². The molecule has 2 heterocycles. The second kappa shape index (κ2) is 6.29. The molecule has 0 bridgehead atoms. The minimum atomic E-state index is -0.427. The number of hydrogen-bond acceptors (Lipinski definition) is 5. The van der Waals surface area contributed by atoms with E-state index in [1.54, 1.807) is 11.0 Å². The molecule has 6 nitrogen and oxygen atoms in total. The summed E-state index contributed by atoms with van der Waals surface area (Å²) in [4.78, 5) is 30.1. The number of methoxy groups -OCH3 is 1. The van der Waals surface area contributed by atoms with E-state index in [1.807, 2.05) is 43.3 Å². The Bertz CT molecular complexity index is 991. The molecular formula is C20H18N2O4. The van der Waals surface area contributed by atoms with Crippen molar-refractivity contribution in [1.29, 1.82) is 0 Å². The molecule has 0 aliphatic carbocycles. The number of anilines is 1. The summed E-state index contributed by atoms with van der Waals surface area (Å²) < 4.78 is 10.6. The van der Waals surface area contributed by atoms with E-state index in [0.717, 1.165) is 5.56 Å². The standard InChI is InChI=1S/C20H18N2O4/c1-12-3-5-13(6-4-12)19-21-16-10-15(7-8-17(16)26-19)22-11-14(9-18(22)23)20(24)25-2/h3-8,10,14H,9,11H2,1-2H3/t14-/m1/s1. The molecule has 1 aromatic heterocycles. The lowest BCUT2D eigenvalue weighted by Gasteiger charge is -2.16. The number of amides is 1. The first-order valence-electron chi connectivity index (χ1n) is 8.41. The van der Waals surface area contributed by atoms with E-state index >= 15 is 0 Å². The minimum Gasteiger partial charge on any atom is -0.469 e. The van der Waals surface area contributed by atoms with Crippen molar-refractivity contribution < 1.29 is 18.7 Å². The predicted octanol–water partition coefficient (Wildman–Crippen LogP) is 3.33. The van der Waals surface area contributed by atoms with Gasteiger partial charge in [-0.1, -0.05) is 17.7 Å². The molecular weight excluding hydrogens is 332 g/mol. The van der Waals surface area contributed by atoms with Crippen LogP contribution in [0, 0.1) is 12.8 Å². The van der Waals surface area contributed by atoms with Crippen LogP contribution in [0.25, 0.3) is 22.6 Å². The third-order valence-corrected chi connectivity index (χ3v) is 4.64. The van der Waals surface area contributed by atoms with Gasteiger partial charge in [0, 0.05) is 24.2 Å². The molecule has 1 aliphatic rings. The molecule has 1 atom stereocenters. The van der Waals surface area contributed by atoms with Crippen molar-refractivity contribution in [3.63, 3.8) is 0 Å². The number of oxazole rings is 1. The Morgan fingerprint density at radius 1 is 1.23 bits per heavy atom. The van der Waals surface area contributed by atoms with Gasteiger partial charge in [-0.3, -0.25) is 9.59 Å². The maximum atomic E-state index is 12.3. The van der Waals surface area contributed by atoms with Crippen LogP contribution in [0.5, 0.6) is 0 Å². The second-order valence-electron chi connectivity index (χ2n) is 6.47. The SMILES string of the molecule is COC(=O)[C@@H]1CC(=O)N(c2ccc3oc(-c4ccc(C)cc4)nc3c2)C1. The zero-order valence-corrected chi connectivity index (χ0v) is 14.6. The lowest BCUT2D eigenvalue weighted by Crippen LogP contribution is -2.26. The average molecular weight is 350 g/mol. The molecule has 1 aliphatic heterocycles. The smallest absolute Gasteiger partial charge is 0.311 e. The zero-order valence-electron chi connectivity index (χ0n) is 14.6. The number of aromatic nitrogens is 1. The first-order chi connectivity index (χ1) is 12.5. The average Bonchev–Trinajstić information content (AvgIpc) is 3.24. The Kier molecular flexibility index (Phi) is 3.95. The molecule has 0 saturated carbocycles. The molecule has 1 fully saturated rings. The zero-order chi connectivity index (χ0) is 18.3. The fourth-order valence-corrected chi connectivity index (χ4v) is 3.18. The molecule has 26 heavy (non-hydrogen) atoms. The molecule has 3 aromatic rings. The Morgan fingerprint density at radius 2 is 2.00 bits per heavy atom. The number of aryl methyl sites for hydroxylation is 1. The van der Waals surface area contributed by atoms with Crippen LogP contribution in [0.1, 0.15) is 12.0 Å². The van der Waals surface area contributed by atoms with Gasteiger partial charge < -0.3 is 14.1 Å². The van der Waals surface area contributed by atoms with Gasteiger partial charge in [-0.2, -0.15) is 0 Å². The Hall–Kier alpha value is -3.15. The summed E-state index contributed by atoms with van der Waals surface area (Å²) in [6, 6.07) is 13.4. The van der Waals surface area contributed by atoms with Gasteiger partial charge in [0.05, 0.1) is 13.0 Å². The quantitative estimate of drug-likeness (QED) is 0.678. The van der Waals surface area contributed by atoms with Crippen molar-refractivity contribution in [3.8, 4) is 11.5 Å². The van der Waals surface area contributed by atoms with Gasteiger partial charge in [0.25, 0.3) is 0 Å². The highest BCUT2D eigenvalue weighted by Gasteiger charge is 2.36. The highest BCUT2D eigenvalue weighted by Crippen LogP contribution is 2.31. The van der Waals surface area contributed by atoms with Crippen LogP contribution < -0.4 is 4.90 Å². The van der Waals surface area contributed by atoms with Crippen LogP contribution in [0.4, 0.5) is 5.69 Å². The fourth-order valence-electron chi connectivity index (χ4n) is 3.18. The van der Waals surface area contributed by atoms with E-state index in [9.17, 15) is 9.59 Å². The summed E-state index contributed by atoms with van der Waals surface area (Å²) in [5.74, 6) is -0.340. The van der Waals surface area contributed by atoms with Crippen molar-refractivity contribution in [2.45, 2.75) is 13.3 Å². The fraction of sp³-hybridized carbons (Fsp3) is 0.250. The van der Waals surface area contributed by atoms with E-state index in [4.69, 9.17) is 9.15 Å². The summed E-state index contributed by atoms with van der Waals surface area (Å²) in [6.45, 7) is 2.34. The molecule has 1 amide bonds. The third kappa shape index (κ3) is 2.83. The van der Waals surface area contributed by atoms with Crippen LogP contribution in [0.15, 0.2) is 46.9 Å². The number of ether oxygens (including phenoxy) is 1. The summed E-state index contributed by atoms with van der Waals surface area (Å²) in [6.07, 6.45) is 0.165. The summed E-state index contributed by atoms with van der Waals surface area (Å²) in [7, 11) is 1.34. The van der Waals surface area contributed by atoms with E-state index in [-0.39, 0.29) is 18.3 Å². The number of benzene rings is 2. The number of rotatable bonds is 3. The van der Waals surface area contributed by atoms with Gasteiger partial charge in [0.2, 0.25) is 11.8 Å². The van der Waals surface area contributed by atoms with Gasteiger partial charge in [-0.05, 0) is 37.3 Å². The Balaban J connectivity index is 1.65. The van der Waals surface area contributed by atoms with Crippen LogP contribution in [-0.4, -0.2) is 30.5 Å². The van der Waals surface area contributed by atoms with Gasteiger partial charge in [0.15, 0.2) is 5.58 Å². The van der Waals surface area contributed by atoms with Gasteiger partial charge in [-0.15, -0.1) is 0 Å². The van der Waals surface area contributed by atoms with Gasteiger partial charge >= 0.3 is 5.97 Å². The van der Waals surface area contributed by atoms with Crippen molar-refractivity contribution in [2.75, 3.05) is 18.6 Å². The number of carbonyl (C=O) groups excluding carboxylic acids is 2. The lowest BCUT2D eigenvalue weighted by atomic mass is 10.1. The molecule has 6 heteroatoms. The number of fused-ring (bicyclic) bond motifs is 1. The third-order valence-electron chi connectivity index (χ3n) is 4.64. The summed E-state index contributed by atoms with van der Waals surface area (Å²) >= 11 is 0. The number of esters is 1. The van der Waals surface area contributed by atoms with Crippen molar-refractivity contribution in [3.05, 3.63) is 48.0 Å². The van der Waals surface area contributed by atoms with Gasteiger partial charge in [-0.25, -0.2) is 4.98 Å². The molecule has 0 N–H and O–H groups in total. The minimum absolute atomic E-state index is 0.0954. The van der Waals surface area contributed by atoms with E-state index in [2.05, 4.69) is 4.98 Å². The maximum Gasteiger partial charge on any atom is 0.311 e. The van der Waals surface area contributed by atoms with Crippen LogP contribution in [0.2, 0.25) is 0 Å². The monoisotopic (exact) mass is 350 g/mol. The maximum absolute atomic E-state index is 12.3. The molecule has 1 saturated heterocycles. The summed E-state index contributed by atoms with van der Waals surface area (Å²) in [5, 5.41) is 0. The number of carbonyl (C=O) groups is 2. The van der Waals surface area contributed by atoms with E-state index in [0.29, 0.717) is 29.2 Å². The van der Waals surface area contributed by atoms with E-state index in [1.165, 1.54) is 12.7 Å².